The second-order valence-electron chi connectivity index (χ2n) is 46.0. The first kappa shape index (κ1) is 99.8. The van der Waals surface area contributed by atoms with Crippen LogP contribution in [-0.2, 0) is 77.0 Å². The van der Waals surface area contributed by atoms with E-state index in [0.29, 0.717) is 74.1 Å². The molecular weight excluding hydrogens is 1800 g/mol. The summed E-state index contributed by atoms with van der Waals surface area (Å²) < 4.78 is 73.6. The monoisotopic (exact) mass is 1950 g/mol. The molecule has 12 aliphatic rings. The summed E-state index contributed by atoms with van der Waals surface area (Å²) >= 11 is 0. The Bertz CT molecular complexity index is 5800. The van der Waals surface area contributed by atoms with Crippen LogP contribution in [0.1, 0.15) is 291 Å². The third-order valence-electron chi connectivity index (χ3n) is 31.1. The van der Waals surface area contributed by atoms with E-state index in [4.69, 9.17) is 56.8 Å². The lowest BCUT2D eigenvalue weighted by Gasteiger charge is -2.35. The van der Waals surface area contributed by atoms with Crippen molar-refractivity contribution >= 4 is 0 Å². The third-order valence-corrected chi connectivity index (χ3v) is 31.1. The molecule has 0 amide bonds. The number of phenolic OH excluding ortho intramolecular Hbond substituents is 6. The highest BCUT2D eigenvalue weighted by atomic mass is 16.5. The van der Waals surface area contributed by atoms with Crippen molar-refractivity contribution in [2.75, 3.05) is 39.6 Å². The fourth-order valence-corrected chi connectivity index (χ4v) is 22.9. The summed E-state index contributed by atoms with van der Waals surface area (Å²) in [5, 5.41) is 61.6. The molecule has 12 heterocycles. The van der Waals surface area contributed by atoms with Gasteiger partial charge in [-0.05, 0) is 380 Å². The molecule has 0 saturated carbocycles. The highest BCUT2D eigenvalue weighted by molar-refractivity contribution is 5.61. The highest BCUT2D eigenvalue weighted by Crippen LogP contribution is 2.54. The number of rotatable bonds is 6. The number of fused-ring (bicyclic) bond motifs is 18. The lowest BCUT2D eigenvalue weighted by Crippen LogP contribution is -2.33. The Morgan fingerprint density at radius 2 is 0.333 bits per heavy atom. The van der Waals surface area contributed by atoms with E-state index in [0.717, 1.165) is 251 Å². The Balaban J connectivity index is 0.000000109. The van der Waals surface area contributed by atoms with E-state index in [9.17, 15) is 30.6 Å². The van der Waals surface area contributed by atoms with Crippen LogP contribution < -0.4 is 56.8 Å². The molecule has 0 fully saturated rings. The van der Waals surface area contributed by atoms with Gasteiger partial charge in [0.2, 0.25) is 0 Å². The Morgan fingerprint density at radius 1 is 0.194 bits per heavy atom. The standard InChI is InChI=1S/6C21H24O3/c6*1-13-4-6-16(18(22)10-13)15-11-14-5-7-19-17(20(14)23-12-15)8-9-21(2,3)24-19/h6*4-7,10,15,22H,8-9,11-12H2,1-3H3. The Kier molecular flexibility index (Phi) is 27.6. The van der Waals surface area contributed by atoms with Gasteiger partial charge in [-0.15, -0.1) is 0 Å². The fourth-order valence-electron chi connectivity index (χ4n) is 22.9. The maximum Gasteiger partial charge on any atom is 0.129 e. The van der Waals surface area contributed by atoms with E-state index in [-0.39, 0.29) is 69.1 Å². The molecule has 12 aliphatic heterocycles. The van der Waals surface area contributed by atoms with Gasteiger partial charge in [0.05, 0.1) is 39.6 Å². The minimum Gasteiger partial charge on any atom is -0.508 e. The predicted octanol–water partition coefficient (Wildman–Crippen LogP) is 27.1. The van der Waals surface area contributed by atoms with E-state index in [1.54, 1.807) is 0 Å². The van der Waals surface area contributed by atoms with Crippen LogP contribution in [-0.4, -0.2) is 104 Å². The van der Waals surface area contributed by atoms with Gasteiger partial charge in [0.1, 0.15) is 137 Å². The molecule has 12 aromatic carbocycles. The molecule has 756 valence electrons. The van der Waals surface area contributed by atoms with Crippen LogP contribution in [0, 0.1) is 41.5 Å². The smallest absolute Gasteiger partial charge is 0.129 e. The van der Waals surface area contributed by atoms with Crippen molar-refractivity contribution in [2.45, 2.75) is 309 Å². The first-order valence-corrected chi connectivity index (χ1v) is 52.1. The second kappa shape index (κ2) is 39.9. The molecule has 0 aromatic heterocycles. The fraction of sp³-hybridized carbons (Fsp3) is 0.429. The summed E-state index contributed by atoms with van der Waals surface area (Å²) in [6.07, 6.45) is 17.3. The van der Waals surface area contributed by atoms with Gasteiger partial charge in [-0.2, -0.15) is 0 Å². The second-order valence-corrected chi connectivity index (χ2v) is 46.0. The number of hydrogen-bond acceptors (Lipinski definition) is 18. The zero-order valence-corrected chi connectivity index (χ0v) is 87.3. The van der Waals surface area contributed by atoms with Crippen molar-refractivity contribution in [3.63, 3.8) is 0 Å². The van der Waals surface area contributed by atoms with Crippen LogP contribution in [0.5, 0.6) is 103 Å². The molecule has 0 aliphatic carbocycles. The van der Waals surface area contributed by atoms with E-state index in [2.05, 4.69) is 156 Å². The molecule has 0 radical (unpaired) electrons. The van der Waals surface area contributed by atoms with Crippen molar-refractivity contribution in [3.05, 3.63) is 316 Å². The SMILES string of the molecule is Cc1ccc(C2COc3c(ccc4c3CCC(C)(C)O4)C2)c(O)c1.Cc1ccc(C2COc3c(ccc4c3CCC(C)(C)O4)C2)c(O)c1.Cc1ccc(C2COc3c(ccc4c3CCC(C)(C)O4)C2)c(O)c1.Cc1ccc(C2COc3c(ccc4c3CCC(C)(C)O4)C2)c(O)c1.Cc1ccc(C2COc3c(ccc4c3CCC(C)(C)O4)C2)c(O)c1.Cc1ccc(C2COc3c(ccc4c3CCC(C)(C)O4)C2)c(O)c1. The maximum atomic E-state index is 10.3. The number of hydrogen-bond donors (Lipinski definition) is 6. The molecule has 24 rings (SSSR count). The molecule has 6 N–H and O–H groups in total. The summed E-state index contributed by atoms with van der Waals surface area (Å²) in [4.78, 5) is 0. The molecule has 0 spiro atoms. The average molecular weight is 1950 g/mol. The van der Waals surface area contributed by atoms with Crippen molar-refractivity contribution in [1.29, 1.82) is 0 Å². The zero-order valence-electron chi connectivity index (χ0n) is 87.3. The van der Waals surface area contributed by atoms with Crippen LogP contribution in [0.2, 0.25) is 0 Å². The Hall–Kier alpha value is -13.0. The van der Waals surface area contributed by atoms with Crippen LogP contribution in [0.15, 0.2) is 182 Å². The zero-order chi connectivity index (χ0) is 101. The van der Waals surface area contributed by atoms with E-state index >= 15 is 0 Å². The molecular formula is C126H144O18. The van der Waals surface area contributed by atoms with Gasteiger partial charge in [-0.25, -0.2) is 0 Å². The van der Waals surface area contributed by atoms with Crippen molar-refractivity contribution in [2.24, 2.45) is 0 Å². The molecule has 144 heavy (non-hydrogen) atoms. The van der Waals surface area contributed by atoms with E-state index in [1.807, 2.05) is 151 Å². The average Bonchev–Trinajstić information content (AvgIpc) is 0.784. The molecule has 18 nitrogen and oxygen atoms in total. The van der Waals surface area contributed by atoms with Gasteiger partial charge in [0, 0.05) is 102 Å². The van der Waals surface area contributed by atoms with E-state index in [1.165, 1.54) is 66.8 Å². The Labute approximate surface area is 850 Å². The molecule has 6 unspecified atom stereocenters. The van der Waals surface area contributed by atoms with E-state index < -0.39 is 0 Å². The normalized spacial score (nSPS) is 21.2. The summed E-state index contributed by atoms with van der Waals surface area (Å²) in [6, 6.07) is 60.6. The quantitative estimate of drug-likeness (QED) is 0.0908. The lowest BCUT2D eigenvalue weighted by atomic mass is 9.86. The molecule has 6 atom stereocenters. The molecule has 0 saturated heterocycles. The highest BCUT2D eigenvalue weighted by Gasteiger charge is 2.42. The predicted molar refractivity (Wildman–Crippen MR) is 566 cm³/mol. The number of ether oxygens (including phenoxy) is 12. The van der Waals surface area contributed by atoms with Crippen LogP contribution in [0.4, 0.5) is 0 Å². The van der Waals surface area contributed by atoms with Gasteiger partial charge in [-0.3, -0.25) is 0 Å². The van der Waals surface area contributed by atoms with Gasteiger partial charge in [0.25, 0.3) is 0 Å². The van der Waals surface area contributed by atoms with Crippen molar-refractivity contribution in [1.82, 2.24) is 0 Å². The van der Waals surface area contributed by atoms with Crippen LogP contribution in [0.25, 0.3) is 0 Å². The van der Waals surface area contributed by atoms with Crippen LogP contribution in [0.3, 0.4) is 0 Å². The largest absolute Gasteiger partial charge is 0.508 e. The Morgan fingerprint density at radius 3 is 0.465 bits per heavy atom. The summed E-state index contributed by atoms with van der Waals surface area (Å²) in [5.74, 6) is 15.2. The van der Waals surface area contributed by atoms with Crippen molar-refractivity contribution in [3.8, 4) is 103 Å². The summed E-state index contributed by atoms with van der Waals surface area (Å²) in [5.41, 5.74) is 26.2. The number of aryl methyl sites for hydroxylation is 6. The number of aromatic hydroxyl groups is 6. The van der Waals surface area contributed by atoms with Crippen molar-refractivity contribution < 1.29 is 87.5 Å². The summed E-state index contributed by atoms with van der Waals surface area (Å²) in [6.45, 7) is 41.1. The van der Waals surface area contributed by atoms with Crippen LogP contribution >= 0.6 is 0 Å². The summed E-state index contributed by atoms with van der Waals surface area (Å²) in [7, 11) is 0. The topological polar surface area (TPSA) is 232 Å². The third kappa shape index (κ3) is 21.9. The van der Waals surface area contributed by atoms with Gasteiger partial charge >= 0.3 is 0 Å². The van der Waals surface area contributed by atoms with Gasteiger partial charge in [-0.1, -0.05) is 109 Å². The number of benzene rings is 12. The maximum absolute atomic E-state index is 10.3. The first-order chi connectivity index (χ1) is 68.6. The molecule has 18 heteroatoms. The minimum atomic E-state index is -0.105. The molecule has 0 bridgehead atoms. The minimum absolute atomic E-state index is 0.105. The lowest BCUT2D eigenvalue weighted by molar-refractivity contribution is 0.0822. The number of phenols is 6. The first-order valence-electron chi connectivity index (χ1n) is 52.1. The molecule has 12 aromatic rings. The van der Waals surface area contributed by atoms with Gasteiger partial charge in [0.15, 0.2) is 0 Å². The van der Waals surface area contributed by atoms with Gasteiger partial charge < -0.3 is 87.5 Å².